The standard InChI is InChI=1S/C15H19FN4O/c16-10-3-4-12-13(8-10)20-14(19-12)5-7-18-15(21)9-11-2-1-6-17-11/h3-4,8,11,17H,1-2,5-7,9H2,(H,18,21)(H,19,20). The molecule has 0 aliphatic carbocycles. The van der Waals surface area contributed by atoms with Crippen LogP contribution in [0.4, 0.5) is 4.39 Å². The van der Waals surface area contributed by atoms with Gasteiger partial charge in [-0.2, -0.15) is 0 Å². The van der Waals surface area contributed by atoms with E-state index in [2.05, 4.69) is 20.6 Å². The summed E-state index contributed by atoms with van der Waals surface area (Å²) in [5.74, 6) is 0.543. The summed E-state index contributed by atoms with van der Waals surface area (Å²) in [4.78, 5) is 19.2. The van der Waals surface area contributed by atoms with Gasteiger partial charge in [0.1, 0.15) is 11.6 Å². The van der Waals surface area contributed by atoms with Crippen LogP contribution in [0.5, 0.6) is 0 Å². The van der Waals surface area contributed by atoms with E-state index in [4.69, 9.17) is 0 Å². The van der Waals surface area contributed by atoms with Crippen molar-refractivity contribution in [3.63, 3.8) is 0 Å². The van der Waals surface area contributed by atoms with Crippen molar-refractivity contribution in [1.82, 2.24) is 20.6 Å². The molecule has 1 unspecified atom stereocenters. The fourth-order valence-electron chi connectivity index (χ4n) is 2.70. The molecule has 3 N–H and O–H groups in total. The molecule has 112 valence electrons. The Labute approximate surface area is 122 Å². The molecular weight excluding hydrogens is 271 g/mol. The van der Waals surface area contributed by atoms with Crippen LogP contribution >= 0.6 is 0 Å². The van der Waals surface area contributed by atoms with Crippen molar-refractivity contribution in [3.05, 3.63) is 29.8 Å². The molecule has 1 aromatic heterocycles. The van der Waals surface area contributed by atoms with Gasteiger partial charge in [0.25, 0.3) is 0 Å². The number of carbonyl (C=O) groups is 1. The fourth-order valence-corrected chi connectivity index (χ4v) is 2.70. The quantitative estimate of drug-likeness (QED) is 0.781. The number of carbonyl (C=O) groups excluding carboxylic acids is 1. The Kier molecular flexibility index (Phi) is 4.15. The van der Waals surface area contributed by atoms with Gasteiger partial charge in [-0.1, -0.05) is 0 Å². The van der Waals surface area contributed by atoms with Gasteiger partial charge in [0.05, 0.1) is 11.0 Å². The summed E-state index contributed by atoms with van der Waals surface area (Å²) in [6, 6.07) is 4.79. The number of hydrogen-bond acceptors (Lipinski definition) is 3. The van der Waals surface area contributed by atoms with E-state index in [0.29, 0.717) is 30.9 Å². The second kappa shape index (κ2) is 6.22. The van der Waals surface area contributed by atoms with Gasteiger partial charge >= 0.3 is 0 Å². The Morgan fingerprint density at radius 3 is 3.19 bits per heavy atom. The van der Waals surface area contributed by atoms with Crippen LogP contribution in [0.15, 0.2) is 18.2 Å². The third-order valence-corrected chi connectivity index (χ3v) is 3.77. The van der Waals surface area contributed by atoms with E-state index in [1.54, 1.807) is 6.07 Å². The summed E-state index contributed by atoms with van der Waals surface area (Å²) in [7, 11) is 0. The molecule has 1 aliphatic rings. The number of aromatic nitrogens is 2. The summed E-state index contributed by atoms with van der Waals surface area (Å²) in [6.07, 6.45) is 3.36. The van der Waals surface area contributed by atoms with Crippen LogP contribution in [0.1, 0.15) is 25.1 Å². The first kappa shape index (κ1) is 14.0. The van der Waals surface area contributed by atoms with Gasteiger partial charge in [0, 0.05) is 25.4 Å². The Hall–Kier alpha value is -1.95. The molecule has 1 fully saturated rings. The number of H-pyrrole nitrogens is 1. The lowest BCUT2D eigenvalue weighted by Gasteiger charge is -2.09. The Morgan fingerprint density at radius 1 is 1.48 bits per heavy atom. The molecule has 2 heterocycles. The zero-order valence-electron chi connectivity index (χ0n) is 11.8. The summed E-state index contributed by atoms with van der Waals surface area (Å²) in [5.41, 5.74) is 1.43. The lowest BCUT2D eigenvalue weighted by Crippen LogP contribution is -2.32. The molecule has 1 atom stereocenters. The summed E-state index contributed by atoms with van der Waals surface area (Å²) >= 11 is 0. The normalized spacial score (nSPS) is 18.2. The highest BCUT2D eigenvalue weighted by molar-refractivity contribution is 5.77. The number of hydrogen-bond donors (Lipinski definition) is 3. The lowest BCUT2D eigenvalue weighted by atomic mass is 10.1. The molecule has 0 spiro atoms. The van der Waals surface area contributed by atoms with Crippen LogP contribution in [-0.2, 0) is 11.2 Å². The minimum atomic E-state index is -0.282. The van der Waals surface area contributed by atoms with Gasteiger partial charge in [-0.15, -0.1) is 0 Å². The number of nitrogens with one attached hydrogen (secondary N) is 3. The van der Waals surface area contributed by atoms with E-state index in [1.165, 1.54) is 12.1 Å². The van der Waals surface area contributed by atoms with E-state index in [1.807, 2.05) is 0 Å². The number of amides is 1. The molecule has 21 heavy (non-hydrogen) atoms. The lowest BCUT2D eigenvalue weighted by molar-refractivity contribution is -0.121. The van der Waals surface area contributed by atoms with E-state index in [9.17, 15) is 9.18 Å². The van der Waals surface area contributed by atoms with E-state index in [-0.39, 0.29) is 11.7 Å². The average molecular weight is 290 g/mol. The number of benzene rings is 1. The average Bonchev–Trinajstić information content (AvgIpc) is 3.07. The van der Waals surface area contributed by atoms with E-state index >= 15 is 0 Å². The van der Waals surface area contributed by atoms with Crippen LogP contribution in [0.2, 0.25) is 0 Å². The van der Waals surface area contributed by atoms with Crippen LogP contribution in [0.3, 0.4) is 0 Å². The highest BCUT2D eigenvalue weighted by Crippen LogP contribution is 2.13. The third-order valence-electron chi connectivity index (χ3n) is 3.77. The maximum Gasteiger partial charge on any atom is 0.221 e. The molecule has 1 aromatic carbocycles. The number of halogens is 1. The number of rotatable bonds is 5. The van der Waals surface area contributed by atoms with Crippen LogP contribution < -0.4 is 10.6 Å². The second-order valence-corrected chi connectivity index (χ2v) is 5.44. The summed E-state index contributed by atoms with van der Waals surface area (Å²) < 4.78 is 13.1. The minimum Gasteiger partial charge on any atom is -0.356 e. The molecule has 0 radical (unpaired) electrons. The molecule has 0 saturated carbocycles. The van der Waals surface area contributed by atoms with Crippen molar-refractivity contribution in [2.45, 2.75) is 31.7 Å². The van der Waals surface area contributed by atoms with Gasteiger partial charge in [0.2, 0.25) is 5.91 Å². The Balaban J connectivity index is 1.48. The molecule has 5 nitrogen and oxygen atoms in total. The summed E-state index contributed by atoms with van der Waals surface area (Å²) in [6.45, 7) is 1.54. The second-order valence-electron chi connectivity index (χ2n) is 5.44. The van der Waals surface area contributed by atoms with Crippen molar-refractivity contribution in [2.75, 3.05) is 13.1 Å². The monoisotopic (exact) mass is 290 g/mol. The highest BCUT2D eigenvalue weighted by Gasteiger charge is 2.17. The maximum absolute atomic E-state index is 13.1. The SMILES string of the molecule is O=C(CC1CCCN1)NCCc1nc2ccc(F)cc2[nH]1. The number of imidazole rings is 1. The van der Waals surface area contributed by atoms with Crippen molar-refractivity contribution >= 4 is 16.9 Å². The molecule has 6 heteroatoms. The first-order valence-electron chi connectivity index (χ1n) is 7.35. The number of fused-ring (bicyclic) bond motifs is 1. The zero-order valence-corrected chi connectivity index (χ0v) is 11.8. The molecule has 1 aliphatic heterocycles. The molecule has 2 aromatic rings. The van der Waals surface area contributed by atoms with Crippen LogP contribution in [0, 0.1) is 5.82 Å². The van der Waals surface area contributed by atoms with Crippen molar-refractivity contribution in [1.29, 1.82) is 0 Å². The van der Waals surface area contributed by atoms with Gasteiger partial charge in [-0.3, -0.25) is 4.79 Å². The van der Waals surface area contributed by atoms with Gasteiger partial charge in [-0.25, -0.2) is 9.37 Å². The largest absolute Gasteiger partial charge is 0.356 e. The highest BCUT2D eigenvalue weighted by atomic mass is 19.1. The first-order chi connectivity index (χ1) is 10.2. The van der Waals surface area contributed by atoms with E-state index in [0.717, 1.165) is 30.7 Å². The molecule has 3 rings (SSSR count). The predicted molar refractivity (Wildman–Crippen MR) is 78.4 cm³/mol. The van der Waals surface area contributed by atoms with Crippen LogP contribution in [-0.4, -0.2) is 35.0 Å². The maximum atomic E-state index is 13.1. The smallest absolute Gasteiger partial charge is 0.221 e. The van der Waals surface area contributed by atoms with Crippen molar-refractivity contribution < 1.29 is 9.18 Å². The summed E-state index contributed by atoms with van der Waals surface area (Å²) in [5, 5.41) is 6.20. The Morgan fingerprint density at radius 2 is 2.38 bits per heavy atom. The topological polar surface area (TPSA) is 69.8 Å². The number of aromatic amines is 1. The predicted octanol–water partition coefficient (Wildman–Crippen LogP) is 1.50. The van der Waals surface area contributed by atoms with E-state index < -0.39 is 0 Å². The molecular formula is C15H19FN4O. The van der Waals surface area contributed by atoms with Crippen LogP contribution in [0.25, 0.3) is 11.0 Å². The molecule has 1 saturated heterocycles. The fraction of sp³-hybridized carbons (Fsp3) is 0.467. The minimum absolute atomic E-state index is 0.0663. The molecule has 0 bridgehead atoms. The van der Waals surface area contributed by atoms with Gasteiger partial charge < -0.3 is 15.6 Å². The van der Waals surface area contributed by atoms with Gasteiger partial charge in [0.15, 0.2) is 0 Å². The zero-order chi connectivity index (χ0) is 14.7. The molecule has 1 amide bonds. The van der Waals surface area contributed by atoms with Crippen molar-refractivity contribution in [2.24, 2.45) is 0 Å². The number of nitrogens with zero attached hydrogens (tertiary/aromatic N) is 1. The van der Waals surface area contributed by atoms with Gasteiger partial charge in [-0.05, 0) is 37.6 Å². The van der Waals surface area contributed by atoms with Crippen molar-refractivity contribution in [3.8, 4) is 0 Å². The Bertz CT molecular complexity index is 634. The third kappa shape index (κ3) is 3.58. The first-order valence-corrected chi connectivity index (χ1v) is 7.35.